The standard InChI is InChI=1S/C17H19N3O2S/c1-2-13-9-15(22-20-13)17(21)18-10-14-11-23-16(19-14)8-12-6-4-3-5-7-12/h3-7,11,15H,2,8-10H2,1H3,(H,18,21)/t15-/m0/s1. The molecule has 0 unspecified atom stereocenters. The predicted molar refractivity (Wildman–Crippen MR) is 90.4 cm³/mol. The van der Waals surface area contributed by atoms with E-state index in [-0.39, 0.29) is 5.91 Å². The summed E-state index contributed by atoms with van der Waals surface area (Å²) in [6.07, 6.45) is 1.73. The topological polar surface area (TPSA) is 63.6 Å². The van der Waals surface area contributed by atoms with Crippen molar-refractivity contribution in [2.24, 2.45) is 5.16 Å². The average molecular weight is 329 g/mol. The average Bonchev–Trinajstić information content (AvgIpc) is 3.23. The van der Waals surface area contributed by atoms with Crippen molar-refractivity contribution in [3.05, 3.63) is 52.0 Å². The Balaban J connectivity index is 1.49. The maximum absolute atomic E-state index is 12.0. The highest BCUT2D eigenvalue weighted by molar-refractivity contribution is 7.09. The molecule has 2 heterocycles. The normalized spacial score (nSPS) is 16.7. The molecule has 3 rings (SSSR count). The fourth-order valence-corrected chi connectivity index (χ4v) is 3.18. The van der Waals surface area contributed by atoms with Crippen molar-refractivity contribution in [1.29, 1.82) is 0 Å². The largest absolute Gasteiger partial charge is 0.382 e. The minimum absolute atomic E-state index is 0.130. The molecular formula is C17H19N3O2S. The van der Waals surface area contributed by atoms with Crippen LogP contribution in [0.2, 0.25) is 0 Å². The molecule has 0 spiro atoms. The SMILES string of the molecule is CCC1=NO[C@H](C(=O)NCc2csc(Cc3ccccc3)n2)C1. The number of benzene rings is 1. The van der Waals surface area contributed by atoms with Crippen molar-refractivity contribution in [2.75, 3.05) is 0 Å². The fourth-order valence-electron chi connectivity index (χ4n) is 2.35. The Morgan fingerprint density at radius 2 is 2.22 bits per heavy atom. The molecule has 1 N–H and O–H groups in total. The van der Waals surface area contributed by atoms with Crippen LogP contribution in [0.25, 0.3) is 0 Å². The molecule has 0 radical (unpaired) electrons. The Morgan fingerprint density at radius 3 is 2.96 bits per heavy atom. The van der Waals surface area contributed by atoms with Crippen LogP contribution in [-0.4, -0.2) is 22.7 Å². The number of thiazole rings is 1. The second-order valence-electron chi connectivity index (χ2n) is 5.42. The van der Waals surface area contributed by atoms with Crippen LogP contribution in [0.15, 0.2) is 40.9 Å². The van der Waals surface area contributed by atoms with E-state index in [1.807, 2.05) is 30.5 Å². The highest BCUT2D eigenvalue weighted by Crippen LogP contribution is 2.16. The Kier molecular flexibility index (Phi) is 5.02. The summed E-state index contributed by atoms with van der Waals surface area (Å²) in [6.45, 7) is 2.43. The van der Waals surface area contributed by atoms with E-state index in [0.717, 1.165) is 29.3 Å². The maximum atomic E-state index is 12.0. The van der Waals surface area contributed by atoms with E-state index in [1.54, 1.807) is 11.3 Å². The molecule has 6 heteroatoms. The van der Waals surface area contributed by atoms with Gasteiger partial charge in [-0.05, 0) is 12.0 Å². The zero-order valence-corrected chi connectivity index (χ0v) is 13.8. The Morgan fingerprint density at radius 1 is 1.39 bits per heavy atom. The third-order valence-corrected chi connectivity index (χ3v) is 4.57. The van der Waals surface area contributed by atoms with Gasteiger partial charge in [0.1, 0.15) is 0 Å². The molecule has 1 aromatic heterocycles. The van der Waals surface area contributed by atoms with Crippen molar-refractivity contribution in [3.8, 4) is 0 Å². The highest BCUT2D eigenvalue weighted by Gasteiger charge is 2.26. The molecule has 0 fully saturated rings. The van der Waals surface area contributed by atoms with Gasteiger partial charge in [0.2, 0.25) is 6.10 Å². The molecule has 0 saturated heterocycles. The monoisotopic (exact) mass is 329 g/mol. The lowest BCUT2D eigenvalue weighted by atomic mass is 10.1. The number of aromatic nitrogens is 1. The first-order valence-electron chi connectivity index (χ1n) is 7.71. The van der Waals surface area contributed by atoms with E-state index < -0.39 is 6.10 Å². The van der Waals surface area contributed by atoms with Crippen molar-refractivity contribution in [2.45, 2.75) is 38.8 Å². The molecule has 23 heavy (non-hydrogen) atoms. The van der Waals surface area contributed by atoms with Gasteiger partial charge in [0, 0.05) is 18.2 Å². The number of rotatable bonds is 6. The molecule has 5 nitrogen and oxygen atoms in total. The van der Waals surface area contributed by atoms with Gasteiger partial charge >= 0.3 is 0 Å². The summed E-state index contributed by atoms with van der Waals surface area (Å²) in [5.41, 5.74) is 3.05. The number of nitrogens with zero attached hydrogens (tertiary/aromatic N) is 2. The summed E-state index contributed by atoms with van der Waals surface area (Å²) in [6, 6.07) is 10.2. The Labute approximate surface area is 139 Å². The molecule has 0 saturated carbocycles. The van der Waals surface area contributed by atoms with Gasteiger partial charge in [-0.1, -0.05) is 42.4 Å². The van der Waals surface area contributed by atoms with Crippen LogP contribution in [0.4, 0.5) is 0 Å². The number of carbonyl (C=O) groups is 1. The lowest BCUT2D eigenvalue weighted by Crippen LogP contribution is -2.34. The zero-order valence-electron chi connectivity index (χ0n) is 13.0. The van der Waals surface area contributed by atoms with E-state index in [9.17, 15) is 4.79 Å². The van der Waals surface area contributed by atoms with Crippen molar-refractivity contribution in [1.82, 2.24) is 10.3 Å². The van der Waals surface area contributed by atoms with Crippen molar-refractivity contribution in [3.63, 3.8) is 0 Å². The van der Waals surface area contributed by atoms with Gasteiger partial charge < -0.3 is 10.2 Å². The number of hydrogen-bond donors (Lipinski definition) is 1. The molecule has 0 bridgehead atoms. The first-order valence-corrected chi connectivity index (χ1v) is 8.59. The molecule has 0 aliphatic carbocycles. The van der Waals surface area contributed by atoms with Gasteiger partial charge in [0.15, 0.2) is 0 Å². The van der Waals surface area contributed by atoms with E-state index in [1.165, 1.54) is 5.56 Å². The quantitative estimate of drug-likeness (QED) is 0.886. The van der Waals surface area contributed by atoms with Gasteiger partial charge in [-0.2, -0.15) is 0 Å². The molecule has 2 aromatic rings. The number of carbonyl (C=O) groups excluding carboxylic acids is 1. The van der Waals surface area contributed by atoms with Crippen LogP contribution in [0.3, 0.4) is 0 Å². The van der Waals surface area contributed by atoms with Gasteiger partial charge in [-0.3, -0.25) is 4.79 Å². The molecule has 120 valence electrons. The summed E-state index contributed by atoms with van der Waals surface area (Å²) in [7, 11) is 0. The second kappa shape index (κ2) is 7.37. The summed E-state index contributed by atoms with van der Waals surface area (Å²) in [4.78, 5) is 21.8. The van der Waals surface area contributed by atoms with Crippen molar-refractivity contribution < 1.29 is 9.63 Å². The summed E-state index contributed by atoms with van der Waals surface area (Å²) >= 11 is 1.62. The van der Waals surface area contributed by atoms with E-state index in [2.05, 4.69) is 27.6 Å². The predicted octanol–water partition coefficient (Wildman–Crippen LogP) is 2.91. The molecule has 1 amide bonds. The zero-order chi connectivity index (χ0) is 16.1. The fraction of sp³-hybridized carbons (Fsp3) is 0.353. The van der Waals surface area contributed by atoms with Crippen LogP contribution in [0.5, 0.6) is 0 Å². The van der Waals surface area contributed by atoms with Crippen LogP contribution in [-0.2, 0) is 22.6 Å². The maximum Gasteiger partial charge on any atom is 0.264 e. The second-order valence-corrected chi connectivity index (χ2v) is 6.36. The first kappa shape index (κ1) is 15.7. The lowest BCUT2D eigenvalue weighted by Gasteiger charge is -2.08. The van der Waals surface area contributed by atoms with E-state index in [0.29, 0.717) is 13.0 Å². The number of nitrogens with one attached hydrogen (secondary N) is 1. The van der Waals surface area contributed by atoms with Gasteiger partial charge in [0.25, 0.3) is 5.91 Å². The minimum Gasteiger partial charge on any atom is -0.382 e. The summed E-state index contributed by atoms with van der Waals surface area (Å²) < 4.78 is 0. The molecule has 1 atom stereocenters. The summed E-state index contributed by atoms with van der Waals surface area (Å²) in [5, 5.41) is 9.81. The molecule has 1 aromatic carbocycles. The number of hydrogen-bond acceptors (Lipinski definition) is 5. The van der Waals surface area contributed by atoms with E-state index >= 15 is 0 Å². The Bertz CT molecular complexity index is 697. The molecule has 1 aliphatic heterocycles. The third kappa shape index (κ3) is 4.16. The third-order valence-electron chi connectivity index (χ3n) is 3.67. The van der Waals surface area contributed by atoms with Gasteiger partial charge in [-0.15, -0.1) is 11.3 Å². The van der Waals surface area contributed by atoms with Gasteiger partial charge in [0.05, 0.1) is 23.0 Å². The molecular weight excluding hydrogens is 310 g/mol. The van der Waals surface area contributed by atoms with Crippen LogP contribution < -0.4 is 5.32 Å². The number of oxime groups is 1. The smallest absolute Gasteiger partial charge is 0.264 e. The van der Waals surface area contributed by atoms with Gasteiger partial charge in [-0.25, -0.2) is 4.98 Å². The first-order chi connectivity index (χ1) is 11.2. The minimum atomic E-state index is -0.493. The van der Waals surface area contributed by atoms with Crippen molar-refractivity contribution >= 4 is 23.0 Å². The van der Waals surface area contributed by atoms with E-state index in [4.69, 9.17) is 4.84 Å². The molecule has 1 aliphatic rings. The lowest BCUT2D eigenvalue weighted by molar-refractivity contribution is -0.131. The van der Waals surface area contributed by atoms with Crippen LogP contribution in [0, 0.1) is 0 Å². The highest BCUT2D eigenvalue weighted by atomic mass is 32.1. The van der Waals surface area contributed by atoms with Crippen LogP contribution >= 0.6 is 11.3 Å². The summed E-state index contributed by atoms with van der Waals surface area (Å²) in [5.74, 6) is -0.130. The Hall–Kier alpha value is -2.21. The van der Waals surface area contributed by atoms with Crippen LogP contribution in [0.1, 0.15) is 36.0 Å². The number of amides is 1.